The van der Waals surface area contributed by atoms with Gasteiger partial charge >= 0.3 is 5.97 Å². The first-order chi connectivity index (χ1) is 22.5. The molecule has 0 radical (unpaired) electrons. The van der Waals surface area contributed by atoms with Crippen molar-refractivity contribution in [1.29, 1.82) is 0 Å². The predicted molar refractivity (Wildman–Crippen MR) is 162 cm³/mol. The molecule has 0 spiro atoms. The molecule has 3 aromatic carbocycles. The molecule has 8 nitrogen and oxygen atoms in total. The van der Waals surface area contributed by atoms with E-state index in [-0.39, 0.29) is 46.0 Å². The number of hydrogen-bond donors (Lipinski definition) is 1. The van der Waals surface area contributed by atoms with Gasteiger partial charge in [0.15, 0.2) is 23.2 Å². The lowest BCUT2D eigenvalue weighted by Crippen LogP contribution is -2.33. The number of aromatic nitrogens is 4. The molecule has 0 amide bonds. The first kappa shape index (κ1) is 32.0. The first-order valence-corrected chi connectivity index (χ1v) is 15.1. The molecule has 1 aliphatic heterocycles. The monoisotopic (exact) mass is 654 g/mol. The van der Waals surface area contributed by atoms with Gasteiger partial charge in [-0.05, 0) is 56.5 Å². The summed E-state index contributed by atoms with van der Waals surface area (Å²) >= 11 is 0. The fourth-order valence-electron chi connectivity index (χ4n) is 6.02. The molecule has 0 bridgehead atoms. The number of H-pyrrole nitrogens is 1. The SMILES string of the molecule is CCOC(=O)CCc1cccc2c1OCC[C@]2(C)c1nc(-c2cc(Oc3c(F)c(F)c4[nH]ccc4c3CC(F)F)ccc2F)n(C)n1. The summed E-state index contributed by atoms with van der Waals surface area (Å²) in [5.41, 5.74) is 0.360. The first-order valence-electron chi connectivity index (χ1n) is 15.1. The Hall–Kier alpha value is -4.94. The molecule has 1 atom stereocenters. The van der Waals surface area contributed by atoms with Crippen LogP contribution < -0.4 is 9.47 Å². The summed E-state index contributed by atoms with van der Waals surface area (Å²) in [6.07, 6.45) is -1.34. The quantitative estimate of drug-likeness (QED) is 0.123. The maximum absolute atomic E-state index is 15.3. The van der Waals surface area contributed by atoms with Crippen molar-refractivity contribution >= 4 is 16.9 Å². The van der Waals surface area contributed by atoms with Gasteiger partial charge in [-0.1, -0.05) is 18.2 Å². The number of nitrogens with one attached hydrogen (secondary N) is 1. The average Bonchev–Trinajstić information content (AvgIpc) is 3.69. The van der Waals surface area contributed by atoms with Crippen molar-refractivity contribution in [2.45, 2.75) is 51.4 Å². The highest BCUT2D eigenvalue weighted by Gasteiger charge is 2.40. The van der Waals surface area contributed by atoms with E-state index in [1.54, 1.807) is 14.0 Å². The van der Waals surface area contributed by atoms with Gasteiger partial charge < -0.3 is 19.2 Å². The van der Waals surface area contributed by atoms with Crippen LogP contribution in [0.2, 0.25) is 0 Å². The topological polar surface area (TPSA) is 91.3 Å². The van der Waals surface area contributed by atoms with Crippen molar-refractivity contribution in [2.24, 2.45) is 7.05 Å². The Labute approximate surface area is 266 Å². The number of rotatable bonds is 10. The average molecular weight is 655 g/mol. The van der Waals surface area contributed by atoms with Crippen LogP contribution >= 0.6 is 0 Å². The van der Waals surface area contributed by atoms with E-state index in [4.69, 9.17) is 19.2 Å². The summed E-state index contributed by atoms with van der Waals surface area (Å²) < 4.78 is 90.6. The molecule has 0 fully saturated rings. The third-order valence-corrected chi connectivity index (χ3v) is 8.41. The fraction of sp³-hybridized carbons (Fsp3) is 0.324. The highest BCUT2D eigenvalue weighted by molar-refractivity contribution is 5.86. The van der Waals surface area contributed by atoms with Crippen LogP contribution in [0.5, 0.6) is 17.2 Å². The van der Waals surface area contributed by atoms with Gasteiger partial charge in [-0.15, -0.1) is 0 Å². The van der Waals surface area contributed by atoms with E-state index >= 15 is 8.78 Å². The number of aromatic amines is 1. The summed E-state index contributed by atoms with van der Waals surface area (Å²) in [6.45, 7) is 4.34. The minimum Gasteiger partial charge on any atom is -0.493 e. The lowest BCUT2D eigenvalue weighted by atomic mass is 9.76. The van der Waals surface area contributed by atoms with Crippen molar-refractivity contribution in [2.75, 3.05) is 13.2 Å². The van der Waals surface area contributed by atoms with Crippen molar-refractivity contribution in [3.8, 4) is 28.6 Å². The lowest BCUT2D eigenvalue weighted by Gasteiger charge is -2.34. The number of fused-ring (bicyclic) bond motifs is 2. The third-order valence-electron chi connectivity index (χ3n) is 8.41. The molecule has 0 unspecified atom stereocenters. The highest BCUT2D eigenvalue weighted by atomic mass is 19.3. The molecule has 47 heavy (non-hydrogen) atoms. The number of aryl methyl sites for hydroxylation is 2. The standard InChI is InChI=1S/C34H31F5N4O4/c1-4-45-26(44)11-8-18-6-5-7-23-30(18)46-15-13-34(23,2)33-41-32(43(3)42-33)22-16-19(9-10-24(22)35)47-31-21(17-25(36)37)20-12-14-40-29(20)27(38)28(31)39/h5-7,9-10,12,14,16,25,40H,4,8,11,13,15,17H2,1-3H3/t34-/m0/s1. The molecule has 6 rings (SSSR count). The van der Waals surface area contributed by atoms with E-state index in [1.165, 1.54) is 29.1 Å². The molecule has 0 saturated heterocycles. The Kier molecular flexibility index (Phi) is 8.64. The smallest absolute Gasteiger partial charge is 0.306 e. The van der Waals surface area contributed by atoms with Crippen LogP contribution in [0.4, 0.5) is 22.0 Å². The van der Waals surface area contributed by atoms with E-state index in [9.17, 15) is 18.0 Å². The molecular weight excluding hydrogens is 623 g/mol. The summed E-state index contributed by atoms with van der Waals surface area (Å²) in [5.74, 6) is -3.43. The number of benzene rings is 3. The van der Waals surface area contributed by atoms with Crippen LogP contribution in [0.3, 0.4) is 0 Å². The van der Waals surface area contributed by atoms with Gasteiger partial charge in [0, 0.05) is 42.6 Å². The zero-order valence-corrected chi connectivity index (χ0v) is 25.8. The number of carbonyl (C=O) groups excluding carboxylic acids is 1. The third kappa shape index (κ3) is 5.90. The van der Waals surface area contributed by atoms with Gasteiger partial charge in [0.05, 0.1) is 29.7 Å². The molecular formula is C34H31F5N4O4. The molecule has 5 aromatic rings. The molecule has 1 aliphatic rings. The molecule has 3 heterocycles. The van der Waals surface area contributed by atoms with Gasteiger partial charge in [0.1, 0.15) is 17.3 Å². The fourth-order valence-corrected chi connectivity index (χ4v) is 6.02. The summed E-state index contributed by atoms with van der Waals surface area (Å²) in [7, 11) is 1.59. The Balaban J connectivity index is 1.36. The van der Waals surface area contributed by atoms with Crippen LogP contribution in [-0.4, -0.2) is 45.4 Å². The molecule has 0 aliphatic carbocycles. The summed E-state index contributed by atoms with van der Waals surface area (Å²) in [6, 6.07) is 10.5. The molecule has 13 heteroatoms. The van der Waals surface area contributed by atoms with Crippen LogP contribution in [0.1, 0.15) is 49.2 Å². The van der Waals surface area contributed by atoms with E-state index in [2.05, 4.69) is 10.1 Å². The molecule has 1 N–H and O–H groups in total. The zero-order chi connectivity index (χ0) is 33.5. The number of nitrogens with zero attached hydrogens (tertiary/aromatic N) is 3. The summed E-state index contributed by atoms with van der Waals surface area (Å²) in [4.78, 5) is 19.2. The normalized spacial score (nSPS) is 15.9. The Morgan fingerprint density at radius 1 is 1.15 bits per heavy atom. The van der Waals surface area contributed by atoms with Crippen LogP contribution in [0, 0.1) is 17.5 Å². The zero-order valence-electron chi connectivity index (χ0n) is 25.8. The van der Waals surface area contributed by atoms with E-state index in [1.807, 2.05) is 25.1 Å². The number of carbonyl (C=O) groups is 1. The second-order valence-electron chi connectivity index (χ2n) is 11.5. The largest absolute Gasteiger partial charge is 0.493 e. The van der Waals surface area contributed by atoms with E-state index in [0.29, 0.717) is 37.6 Å². The number of halogens is 5. The van der Waals surface area contributed by atoms with Gasteiger partial charge in [-0.2, -0.15) is 9.49 Å². The predicted octanol–water partition coefficient (Wildman–Crippen LogP) is 7.56. The van der Waals surface area contributed by atoms with E-state index in [0.717, 1.165) is 17.2 Å². The molecule has 0 saturated carbocycles. The van der Waals surface area contributed by atoms with Crippen molar-refractivity contribution in [3.05, 3.63) is 88.6 Å². The van der Waals surface area contributed by atoms with Gasteiger partial charge in [0.2, 0.25) is 12.2 Å². The maximum atomic E-state index is 15.3. The maximum Gasteiger partial charge on any atom is 0.306 e. The van der Waals surface area contributed by atoms with Crippen LogP contribution in [-0.2, 0) is 34.8 Å². The van der Waals surface area contributed by atoms with Gasteiger partial charge in [-0.3, -0.25) is 4.79 Å². The van der Waals surface area contributed by atoms with Crippen molar-refractivity contribution in [3.63, 3.8) is 0 Å². The second-order valence-corrected chi connectivity index (χ2v) is 11.5. The number of esters is 1. The Morgan fingerprint density at radius 2 is 1.96 bits per heavy atom. The summed E-state index contributed by atoms with van der Waals surface area (Å²) in [5, 5.41) is 4.69. The molecule has 2 aromatic heterocycles. The van der Waals surface area contributed by atoms with Crippen LogP contribution in [0.15, 0.2) is 48.7 Å². The number of ether oxygens (including phenoxy) is 3. The number of para-hydroxylation sites is 1. The number of alkyl halides is 2. The van der Waals surface area contributed by atoms with Crippen molar-refractivity contribution < 1.29 is 41.0 Å². The Bertz CT molecular complexity index is 1970. The minimum absolute atomic E-state index is 0.0496. The minimum atomic E-state index is -2.87. The molecule has 246 valence electrons. The van der Waals surface area contributed by atoms with Crippen molar-refractivity contribution in [1.82, 2.24) is 19.7 Å². The van der Waals surface area contributed by atoms with Gasteiger partial charge in [0.25, 0.3) is 0 Å². The highest BCUT2D eigenvalue weighted by Crippen LogP contribution is 2.45. The Morgan fingerprint density at radius 3 is 2.72 bits per heavy atom. The van der Waals surface area contributed by atoms with Gasteiger partial charge in [-0.25, -0.2) is 27.2 Å². The van der Waals surface area contributed by atoms with Crippen LogP contribution in [0.25, 0.3) is 22.3 Å². The lowest BCUT2D eigenvalue weighted by molar-refractivity contribution is -0.143. The second kappa shape index (κ2) is 12.7. The number of hydrogen-bond acceptors (Lipinski definition) is 6. The van der Waals surface area contributed by atoms with E-state index < -0.39 is 41.5 Å².